The maximum atomic E-state index is 5.55. The highest BCUT2D eigenvalue weighted by atomic mass is 32.1. The van der Waals surface area contributed by atoms with E-state index in [0.717, 1.165) is 17.5 Å². The van der Waals surface area contributed by atoms with Crippen molar-refractivity contribution < 1.29 is 0 Å². The van der Waals surface area contributed by atoms with Crippen LogP contribution in [0.15, 0.2) is 0 Å². The van der Waals surface area contributed by atoms with Crippen LogP contribution in [0.2, 0.25) is 0 Å². The molecule has 2 rings (SSSR count). The zero-order chi connectivity index (χ0) is 9.26. The fourth-order valence-corrected chi connectivity index (χ4v) is 2.14. The molecule has 0 radical (unpaired) electrons. The summed E-state index contributed by atoms with van der Waals surface area (Å²) in [4.78, 5) is 6.65. The molecule has 13 heavy (non-hydrogen) atoms. The summed E-state index contributed by atoms with van der Waals surface area (Å²) in [5, 5.41) is 1.03. The third-order valence-electron chi connectivity index (χ3n) is 2.12. The normalized spacial score (nSPS) is 16.2. The van der Waals surface area contributed by atoms with Crippen LogP contribution in [0.1, 0.15) is 18.7 Å². The molecule has 72 valence electrons. The average Bonchev–Trinajstić information content (AvgIpc) is 2.85. The second kappa shape index (κ2) is 3.59. The summed E-state index contributed by atoms with van der Waals surface area (Å²) in [6.45, 7) is 3.52. The third kappa shape index (κ3) is 1.97. The highest BCUT2D eigenvalue weighted by Crippen LogP contribution is 2.31. The molecule has 1 aliphatic carbocycles. The van der Waals surface area contributed by atoms with Crippen LogP contribution in [0.25, 0.3) is 0 Å². The zero-order valence-electron chi connectivity index (χ0n) is 7.73. The molecule has 0 unspecified atom stereocenters. The lowest BCUT2D eigenvalue weighted by Gasteiger charge is -2.19. The summed E-state index contributed by atoms with van der Waals surface area (Å²) < 4.78 is 4.18. The minimum Gasteiger partial charge on any atom is -0.343 e. The molecule has 2 N–H and O–H groups in total. The minimum absolute atomic E-state index is 0.677. The predicted molar refractivity (Wildman–Crippen MR) is 54.1 cm³/mol. The predicted octanol–water partition coefficient (Wildman–Crippen LogP) is 0.774. The number of hydrogen-bond donors (Lipinski definition) is 1. The van der Waals surface area contributed by atoms with Crippen LogP contribution in [0.3, 0.4) is 0 Å². The number of aryl methyl sites for hydroxylation is 1. The van der Waals surface area contributed by atoms with Gasteiger partial charge < -0.3 is 10.6 Å². The number of aromatic nitrogens is 2. The molecule has 1 aromatic rings. The van der Waals surface area contributed by atoms with Gasteiger partial charge in [0.2, 0.25) is 5.13 Å². The van der Waals surface area contributed by atoms with Crippen molar-refractivity contribution in [2.75, 3.05) is 18.0 Å². The molecule has 1 saturated carbocycles. The van der Waals surface area contributed by atoms with Crippen LogP contribution in [-0.2, 0) is 0 Å². The van der Waals surface area contributed by atoms with E-state index in [1.54, 1.807) is 0 Å². The van der Waals surface area contributed by atoms with E-state index in [1.165, 1.54) is 24.4 Å². The fraction of sp³-hybridized carbons (Fsp3) is 0.750. The third-order valence-corrected chi connectivity index (χ3v) is 2.96. The summed E-state index contributed by atoms with van der Waals surface area (Å²) in [7, 11) is 0. The van der Waals surface area contributed by atoms with E-state index >= 15 is 0 Å². The first-order valence-corrected chi connectivity index (χ1v) is 5.35. The maximum absolute atomic E-state index is 5.55. The molecule has 5 heteroatoms. The van der Waals surface area contributed by atoms with Crippen LogP contribution >= 0.6 is 11.5 Å². The Balaban J connectivity index is 2.10. The molecule has 0 saturated heterocycles. The molecular formula is C8H14N4S. The van der Waals surface area contributed by atoms with Gasteiger partial charge >= 0.3 is 0 Å². The Labute approximate surface area is 81.9 Å². The lowest BCUT2D eigenvalue weighted by molar-refractivity contribution is 0.779. The van der Waals surface area contributed by atoms with Gasteiger partial charge in [-0.3, -0.25) is 0 Å². The number of nitrogens with two attached hydrogens (primary N) is 1. The minimum atomic E-state index is 0.677. The smallest absolute Gasteiger partial charge is 0.205 e. The summed E-state index contributed by atoms with van der Waals surface area (Å²) in [5.41, 5.74) is 5.55. The Morgan fingerprint density at radius 1 is 1.62 bits per heavy atom. The van der Waals surface area contributed by atoms with Crippen molar-refractivity contribution in [2.24, 2.45) is 5.73 Å². The van der Waals surface area contributed by atoms with Gasteiger partial charge in [0.05, 0.1) is 0 Å². The van der Waals surface area contributed by atoms with Crippen LogP contribution in [-0.4, -0.2) is 28.5 Å². The summed E-state index contributed by atoms with van der Waals surface area (Å²) in [6.07, 6.45) is 2.55. The standard InChI is InChI=1S/C8H14N4S/c1-6-10-8(13-11-6)12(5-4-9)7-2-3-7/h7H,2-5,9H2,1H3. The molecule has 0 spiro atoms. The first kappa shape index (κ1) is 8.90. The quantitative estimate of drug-likeness (QED) is 0.776. The van der Waals surface area contributed by atoms with Gasteiger partial charge in [0.25, 0.3) is 0 Å². The number of anilines is 1. The van der Waals surface area contributed by atoms with Crippen LogP contribution in [0, 0.1) is 6.92 Å². The van der Waals surface area contributed by atoms with E-state index in [0.29, 0.717) is 12.6 Å². The first-order valence-electron chi connectivity index (χ1n) is 4.58. The molecule has 0 aromatic carbocycles. The molecule has 0 bridgehead atoms. The molecule has 0 amide bonds. The highest BCUT2D eigenvalue weighted by Gasteiger charge is 2.30. The molecule has 1 fully saturated rings. The Hall–Kier alpha value is -0.680. The van der Waals surface area contributed by atoms with Crippen LogP contribution in [0.4, 0.5) is 5.13 Å². The van der Waals surface area contributed by atoms with E-state index in [4.69, 9.17) is 5.73 Å². The number of nitrogens with zero attached hydrogens (tertiary/aromatic N) is 3. The Morgan fingerprint density at radius 2 is 2.38 bits per heavy atom. The van der Waals surface area contributed by atoms with E-state index in [-0.39, 0.29) is 0 Å². The molecular weight excluding hydrogens is 184 g/mol. The van der Waals surface area contributed by atoms with Crippen molar-refractivity contribution in [1.29, 1.82) is 0 Å². The lowest BCUT2D eigenvalue weighted by Crippen LogP contribution is -2.31. The van der Waals surface area contributed by atoms with Gasteiger partial charge in [0, 0.05) is 30.7 Å². The van der Waals surface area contributed by atoms with E-state index in [2.05, 4.69) is 14.3 Å². The molecule has 1 aliphatic rings. The monoisotopic (exact) mass is 198 g/mol. The lowest BCUT2D eigenvalue weighted by atomic mass is 10.5. The second-order valence-electron chi connectivity index (χ2n) is 3.34. The van der Waals surface area contributed by atoms with E-state index in [1.807, 2.05) is 6.92 Å². The van der Waals surface area contributed by atoms with Crippen molar-refractivity contribution in [3.63, 3.8) is 0 Å². The van der Waals surface area contributed by atoms with Gasteiger partial charge in [-0.15, -0.1) is 0 Å². The van der Waals surface area contributed by atoms with E-state index < -0.39 is 0 Å². The summed E-state index contributed by atoms with van der Waals surface area (Å²) in [6, 6.07) is 0.677. The Morgan fingerprint density at radius 3 is 2.85 bits per heavy atom. The molecule has 0 atom stereocenters. The number of rotatable bonds is 4. The van der Waals surface area contributed by atoms with Gasteiger partial charge in [-0.2, -0.15) is 4.37 Å². The van der Waals surface area contributed by atoms with Crippen LogP contribution < -0.4 is 10.6 Å². The van der Waals surface area contributed by atoms with Crippen molar-refractivity contribution in [3.05, 3.63) is 5.82 Å². The molecule has 4 nitrogen and oxygen atoms in total. The van der Waals surface area contributed by atoms with Gasteiger partial charge in [0.1, 0.15) is 5.82 Å². The molecule has 1 aromatic heterocycles. The van der Waals surface area contributed by atoms with Crippen molar-refractivity contribution in [1.82, 2.24) is 9.36 Å². The SMILES string of the molecule is Cc1nsc(N(CCN)C2CC2)n1. The highest BCUT2D eigenvalue weighted by molar-refractivity contribution is 7.09. The summed E-state index contributed by atoms with van der Waals surface area (Å²) in [5.74, 6) is 0.864. The average molecular weight is 198 g/mol. The fourth-order valence-electron chi connectivity index (χ4n) is 1.36. The van der Waals surface area contributed by atoms with Crippen molar-refractivity contribution >= 4 is 16.7 Å². The maximum Gasteiger partial charge on any atom is 0.205 e. The van der Waals surface area contributed by atoms with Gasteiger partial charge in [-0.1, -0.05) is 0 Å². The largest absolute Gasteiger partial charge is 0.343 e. The second-order valence-corrected chi connectivity index (χ2v) is 4.07. The number of hydrogen-bond acceptors (Lipinski definition) is 5. The Kier molecular flexibility index (Phi) is 2.46. The van der Waals surface area contributed by atoms with Crippen molar-refractivity contribution in [2.45, 2.75) is 25.8 Å². The van der Waals surface area contributed by atoms with Gasteiger partial charge in [-0.25, -0.2) is 4.98 Å². The van der Waals surface area contributed by atoms with Gasteiger partial charge in [0.15, 0.2) is 0 Å². The van der Waals surface area contributed by atoms with E-state index in [9.17, 15) is 0 Å². The first-order chi connectivity index (χ1) is 6.31. The Bertz CT molecular complexity index is 281. The topological polar surface area (TPSA) is 55.0 Å². The molecule has 1 heterocycles. The zero-order valence-corrected chi connectivity index (χ0v) is 8.55. The molecule has 0 aliphatic heterocycles. The van der Waals surface area contributed by atoms with Gasteiger partial charge in [-0.05, 0) is 19.8 Å². The van der Waals surface area contributed by atoms with Crippen molar-refractivity contribution in [3.8, 4) is 0 Å². The van der Waals surface area contributed by atoms with Crippen LogP contribution in [0.5, 0.6) is 0 Å². The summed E-state index contributed by atoms with van der Waals surface area (Å²) >= 11 is 1.48.